The van der Waals surface area contributed by atoms with E-state index in [2.05, 4.69) is 16.7 Å². The fraction of sp³-hybridized carbons (Fsp3) is 0.438. The summed E-state index contributed by atoms with van der Waals surface area (Å²) in [5, 5.41) is 5.94. The first-order chi connectivity index (χ1) is 10.1. The van der Waals surface area contributed by atoms with Crippen LogP contribution in [0.4, 0.5) is 10.1 Å². The van der Waals surface area contributed by atoms with E-state index in [4.69, 9.17) is 11.6 Å². The number of hydrogen-bond donors (Lipinski definition) is 2. The number of nitrogens with one attached hydrogen (secondary N) is 2. The summed E-state index contributed by atoms with van der Waals surface area (Å²) in [6.45, 7) is 0.688. The minimum atomic E-state index is -0.456. The van der Waals surface area contributed by atoms with Crippen LogP contribution in [0.15, 0.2) is 29.8 Å². The maximum absolute atomic E-state index is 13.5. The molecule has 1 aromatic rings. The van der Waals surface area contributed by atoms with Crippen molar-refractivity contribution in [2.75, 3.05) is 18.4 Å². The lowest BCUT2D eigenvalue weighted by Gasteiger charge is -2.13. The third kappa shape index (κ3) is 5.38. The first-order valence-electron chi connectivity index (χ1n) is 7.28. The molecule has 0 radical (unpaired) electrons. The molecule has 0 aromatic heterocycles. The summed E-state index contributed by atoms with van der Waals surface area (Å²) in [4.78, 5) is 11.7. The van der Waals surface area contributed by atoms with E-state index in [0.717, 1.165) is 19.3 Å². The van der Waals surface area contributed by atoms with Crippen molar-refractivity contribution < 1.29 is 9.18 Å². The summed E-state index contributed by atoms with van der Waals surface area (Å²) >= 11 is 5.67. The van der Waals surface area contributed by atoms with Gasteiger partial charge in [-0.05, 0) is 50.3 Å². The average molecular weight is 311 g/mol. The molecule has 0 heterocycles. The van der Waals surface area contributed by atoms with Crippen molar-refractivity contribution >= 4 is 23.2 Å². The van der Waals surface area contributed by atoms with E-state index >= 15 is 0 Å². The Kier molecular flexibility index (Phi) is 6.05. The number of amides is 1. The summed E-state index contributed by atoms with van der Waals surface area (Å²) in [7, 11) is 0. The predicted octanol–water partition coefficient (Wildman–Crippen LogP) is 3.90. The Bertz CT molecular complexity index is 531. The average Bonchev–Trinajstić information content (AvgIpc) is 2.47. The Morgan fingerprint density at radius 2 is 2.19 bits per heavy atom. The first-order valence-corrected chi connectivity index (χ1v) is 7.66. The van der Waals surface area contributed by atoms with Gasteiger partial charge in [0.15, 0.2) is 0 Å². The quantitative estimate of drug-likeness (QED) is 0.782. The summed E-state index contributed by atoms with van der Waals surface area (Å²) in [5.41, 5.74) is 1.71. The molecule has 1 aromatic carbocycles. The molecule has 0 bridgehead atoms. The predicted molar refractivity (Wildman–Crippen MR) is 84.1 cm³/mol. The number of carbonyl (C=O) groups is 1. The number of allylic oxidation sites excluding steroid dienone is 1. The van der Waals surface area contributed by atoms with Gasteiger partial charge < -0.3 is 10.6 Å². The van der Waals surface area contributed by atoms with Crippen LogP contribution in [0.1, 0.15) is 32.1 Å². The van der Waals surface area contributed by atoms with Crippen LogP contribution in [0.25, 0.3) is 0 Å². The third-order valence-electron chi connectivity index (χ3n) is 3.52. The van der Waals surface area contributed by atoms with Crippen LogP contribution in [0.3, 0.4) is 0 Å². The monoisotopic (exact) mass is 310 g/mol. The first kappa shape index (κ1) is 15.8. The lowest BCUT2D eigenvalue weighted by Crippen LogP contribution is -2.31. The van der Waals surface area contributed by atoms with Gasteiger partial charge in [0.05, 0.1) is 12.2 Å². The third-order valence-corrected chi connectivity index (χ3v) is 3.76. The molecule has 0 saturated carbocycles. The Labute approximate surface area is 129 Å². The summed E-state index contributed by atoms with van der Waals surface area (Å²) in [5.74, 6) is -0.594. The normalized spacial score (nSPS) is 14.5. The molecule has 0 aliphatic heterocycles. The zero-order valence-electron chi connectivity index (χ0n) is 11.9. The van der Waals surface area contributed by atoms with Gasteiger partial charge in [0, 0.05) is 11.6 Å². The van der Waals surface area contributed by atoms with E-state index in [-0.39, 0.29) is 18.1 Å². The maximum Gasteiger partial charge on any atom is 0.239 e. The highest BCUT2D eigenvalue weighted by Gasteiger charge is 2.07. The highest BCUT2D eigenvalue weighted by Crippen LogP contribution is 2.19. The number of hydrogen-bond acceptors (Lipinski definition) is 2. The lowest BCUT2D eigenvalue weighted by atomic mass is 9.97. The fourth-order valence-corrected chi connectivity index (χ4v) is 2.52. The van der Waals surface area contributed by atoms with Crippen LogP contribution in [0.2, 0.25) is 5.02 Å². The van der Waals surface area contributed by atoms with Crippen molar-refractivity contribution in [2.24, 2.45) is 0 Å². The molecule has 0 saturated heterocycles. The Hall–Kier alpha value is -1.55. The maximum atomic E-state index is 13.5. The zero-order valence-corrected chi connectivity index (χ0v) is 12.7. The molecule has 5 heteroatoms. The Morgan fingerprint density at radius 3 is 2.90 bits per heavy atom. The van der Waals surface area contributed by atoms with Crippen LogP contribution in [-0.2, 0) is 4.79 Å². The minimum absolute atomic E-state index is 0.0532. The van der Waals surface area contributed by atoms with Gasteiger partial charge in [-0.3, -0.25) is 4.79 Å². The molecular weight excluding hydrogens is 291 g/mol. The van der Waals surface area contributed by atoms with Crippen LogP contribution in [-0.4, -0.2) is 19.0 Å². The molecule has 0 unspecified atom stereocenters. The number of rotatable bonds is 6. The summed E-state index contributed by atoms with van der Waals surface area (Å²) in [6, 6.07) is 4.33. The molecular formula is C16H20ClFN2O. The molecule has 0 spiro atoms. The number of carbonyl (C=O) groups excluding carboxylic acids is 1. The number of anilines is 1. The molecule has 1 aliphatic rings. The summed E-state index contributed by atoms with van der Waals surface area (Å²) < 4.78 is 13.5. The second-order valence-electron chi connectivity index (χ2n) is 5.19. The van der Waals surface area contributed by atoms with Crippen LogP contribution >= 0.6 is 11.6 Å². The molecule has 2 rings (SSSR count). The second-order valence-corrected chi connectivity index (χ2v) is 5.62. The molecule has 0 atom stereocenters. The largest absolute Gasteiger partial charge is 0.374 e. The highest BCUT2D eigenvalue weighted by molar-refractivity contribution is 6.30. The fourth-order valence-electron chi connectivity index (χ4n) is 2.37. The van der Waals surface area contributed by atoms with Crippen molar-refractivity contribution in [3.63, 3.8) is 0 Å². The topological polar surface area (TPSA) is 41.1 Å². The lowest BCUT2D eigenvalue weighted by molar-refractivity contribution is -0.119. The van der Waals surface area contributed by atoms with E-state index in [1.807, 2.05) is 0 Å². The van der Waals surface area contributed by atoms with Gasteiger partial charge in [-0.1, -0.05) is 23.3 Å². The number of halogens is 2. The van der Waals surface area contributed by atoms with Gasteiger partial charge in [-0.15, -0.1) is 0 Å². The Morgan fingerprint density at radius 1 is 1.33 bits per heavy atom. The van der Waals surface area contributed by atoms with Crippen molar-refractivity contribution in [1.29, 1.82) is 0 Å². The van der Waals surface area contributed by atoms with Crippen LogP contribution < -0.4 is 10.6 Å². The smallest absolute Gasteiger partial charge is 0.239 e. The highest BCUT2D eigenvalue weighted by atomic mass is 35.5. The van der Waals surface area contributed by atoms with E-state index in [1.165, 1.54) is 30.5 Å². The molecule has 3 nitrogen and oxygen atoms in total. The van der Waals surface area contributed by atoms with Crippen molar-refractivity contribution in [1.82, 2.24) is 5.32 Å². The standard InChI is InChI=1S/C16H20ClFN2O/c17-13-6-7-15(14(18)10-13)20-11-16(21)19-9-8-12-4-2-1-3-5-12/h4,6-7,10,20H,1-3,5,8-9,11H2,(H,19,21). The molecule has 114 valence electrons. The van der Waals surface area contributed by atoms with E-state index in [0.29, 0.717) is 11.6 Å². The van der Waals surface area contributed by atoms with Gasteiger partial charge in [0.25, 0.3) is 0 Å². The van der Waals surface area contributed by atoms with Gasteiger partial charge >= 0.3 is 0 Å². The molecule has 21 heavy (non-hydrogen) atoms. The minimum Gasteiger partial charge on any atom is -0.374 e. The Balaban J connectivity index is 1.68. The van der Waals surface area contributed by atoms with Crippen LogP contribution in [0, 0.1) is 5.82 Å². The van der Waals surface area contributed by atoms with Crippen molar-refractivity contribution in [2.45, 2.75) is 32.1 Å². The van der Waals surface area contributed by atoms with Crippen molar-refractivity contribution in [3.05, 3.63) is 40.7 Å². The molecule has 1 aliphatic carbocycles. The SMILES string of the molecule is O=C(CNc1ccc(Cl)cc1F)NCCC1=CCCCC1. The van der Waals surface area contributed by atoms with E-state index in [9.17, 15) is 9.18 Å². The summed E-state index contributed by atoms with van der Waals surface area (Å²) in [6.07, 6.45) is 7.99. The molecule has 2 N–H and O–H groups in total. The van der Waals surface area contributed by atoms with Gasteiger partial charge in [0.2, 0.25) is 5.91 Å². The van der Waals surface area contributed by atoms with Gasteiger partial charge in [-0.2, -0.15) is 0 Å². The van der Waals surface area contributed by atoms with Crippen molar-refractivity contribution in [3.8, 4) is 0 Å². The van der Waals surface area contributed by atoms with E-state index < -0.39 is 5.82 Å². The molecule has 0 fully saturated rings. The van der Waals surface area contributed by atoms with Crippen LogP contribution in [0.5, 0.6) is 0 Å². The molecule has 1 amide bonds. The van der Waals surface area contributed by atoms with E-state index in [1.54, 1.807) is 6.07 Å². The van der Waals surface area contributed by atoms with Gasteiger partial charge in [0.1, 0.15) is 5.82 Å². The van der Waals surface area contributed by atoms with Gasteiger partial charge in [-0.25, -0.2) is 4.39 Å². The zero-order chi connectivity index (χ0) is 15.1. The number of benzene rings is 1. The second kappa shape index (κ2) is 8.03.